The molecule has 1 aromatic rings. The summed E-state index contributed by atoms with van der Waals surface area (Å²) in [6.45, 7) is 3.47. The molecule has 2 N–H and O–H groups in total. The van der Waals surface area contributed by atoms with Crippen LogP contribution in [0.4, 0.5) is 0 Å². The molecule has 0 aromatic carbocycles. The van der Waals surface area contributed by atoms with Crippen molar-refractivity contribution in [3.05, 3.63) is 23.5 Å². The lowest BCUT2D eigenvalue weighted by Crippen LogP contribution is -2.28. The van der Waals surface area contributed by atoms with Gasteiger partial charge >= 0.3 is 0 Å². The summed E-state index contributed by atoms with van der Waals surface area (Å²) >= 11 is 0. The summed E-state index contributed by atoms with van der Waals surface area (Å²) in [6, 6.07) is 4.80. The summed E-state index contributed by atoms with van der Waals surface area (Å²) < 4.78 is 2.10. The Morgan fingerprint density at radius 1 is 1.47 bits per heavy atom. The maximum atomic E-state index is 11.6. The van der Waals surface area contributed by atoms with Gasteiger partial charge in [-0.25, -0.2) is 0 Å². The second kappa shape index (κ2) is 5.36. The van der Waals surface area contributed by atoms with E-state index in [1.54, 1.807) is 0 Å². The van der Waals surface area contributed by atoms with Crippen LogP contribution in [0.3, 0.4) is 0 Å². The van der Waals surface area contributed by atoms with E-state index in [1.807, 2.05) is 7.05 Å². The van der Waals surface area contributed by atoms with E-state index in [1.165, 1.54) is 18.5 Å². The van der Waals surface area contributed by atoms with Crippen LogP contribution >= 0.6 is 0 Å². The van der Waals surface area contributed by atoms with E-state index in [0.29, 0.717) is 19.0 Å². The molecular formula is C13H21N3O. The molecule has 94 valence electrons. The normalized spacial score (nSPS) is 14.9. The van der Waals surface area contributed by atoms with E-state index in [2.05, 4.69) is 34.3 Å². The van der Waals surface area contributed by atoms with Crippen LogP contribution in [-0.2, 0) is 18.4 Å². The molecule has 1 aromatic heterocycles. The third-order valence-electron chi connectivity index (χ3n) is 3.31. The lowest BCUT2D eigenvalue weighted by molar-refractivity contribution is -0.121. The van der Waals surface area contributed by atoms with Gasteiger partial charge in [-0.05, 0) is 31.9 Å². The molecule has 4 heteroatoms. The van der Waals surface area contributed by atoms with E-state index >= 15 is 0 Å². The van der Waals surface area contributed by atoms with Crippen molar-refractivity contribution in [1.82, 2.24) is 15.2 Å². The zero-order valence-electron chi connectivity index (χ0n) is 10.6. The molecule has 4 nitrogen and oxygen atoms in total. The first-order chi connectivity index (χ1) is 8.16. The summed E-state index contributed by atoms with van der Waals surface area (Å²) in [7, 11) is 2.02. The van der Waals surface area contributed by atoms with Crippen LogP contribution in [0.25, 0.3) is 0 Å². The van der Waals surface area contributed by atoms with Gasteiger partial charge in [0.25, 0.3) is 0 Å². The topological polar surface area (TPSA) is 46.1 Å². The average molecular weight is 235 g/mol. The predicted molar refractivity (Wildman–Crippen MR) is 67.6 cm³/mol. The quantitative estimate of drug-likeness (QED) is 0.775. The molecule has 0 bridgehead atoms. The third-order valence-corrected chi connectivity index (χ3v) is 3.31. The van der Waals surface area contributed by atoms with Gasteiger partial charge in [-0.15, -0.1) is 0 Å². The SMILES string of the molecule is Cc1ccc(CNC(=O)CCNC2CC2)n1C. The number of hydrogen-bond acceptors (Lipinski definition) is 2. The standard InChI is InChI=1S/C13H21N3O/c1-10-3-6-12(16(10)2)9-15-13(17)7-8-14-11-4-5-11/h3,6,11,14H,4-5,7-9H2,1-2H3,(H,15,17). The lowest BCUT2D eigenvalue weighted by atomic mass is 10.3. The first kappa shape index (κ1) is 12.2. The Labute approximate surface area is 102 Å². The molecule has 1 fully saturated rings. The largest absolute Gasteiger partial charge is 0.350 e. The van der Waals surface area contributed by atoms with Crippen molar-refractivity contribution in [2.24, 2.45) is 7.05 Å². The number of hydrogen-bond donors (Lipinski definition) is 2. The monoisotopic (exact) mass is 235 g/mol. The van der Waals surface area contributed by atoms with Gasteiger partial charge in [0.15, 0.2) is 0 Å². The first-order valence-corrected chi connectivity index (χ1v) is 6.28. The second-order valence-corrected chi connectivity index (χ2v) is 4.78. The van der Waals surface area contributed by atoms with Gasteiger partial charge in [0.2, 0.25) is 5.91 Å². The summed E-state index contributed by atoms with van der Waals surface area (Å²) in [5.74, 6) is 0.122. The summed E-state index contributed by atoms with van der Waals surface area (Å²) in [6.07, 6.45) is 3.11. The summed E-state index contributed by atoms with van der Waals surface area (Å²) in [4.78, 5) is 11.6. The molecule has 0 radical (unpaired) electrons. The number of rotatable bonds is 6. The fourth-order valence-corrected chi connectivity index (χ4v) is 1.80. The van der Waals surface area contributed by atoms with Gasteiger partial charge in [0.05, 0.1) is 6.54 Å². The zero-order valence-corrected chi connectivity index (χ0v) is 10.6. The van der Waals surface area contributed by atoms with Gasteiger partial charge in [0.1, 0.15) is 0 Å². The molecule has 1 aliphatic carbocycles. The number of carbonyl (C=O) groups excluding carboxylic acids is 1. The van der Waals surface area contributed by atoms with E-state index < -0.39 is 0 Å². The fraction of sp³-hybridized carbons (Fsp3) is 0.615. The smallest absolute Gasteiger partial charge is 0.221 e. The highest BCUT2D eigenvalue weighted by molar-refractivity contribution is 5.76. The molecule has 1 amide bonds. The molecule has 0 atom stereocenters. The van der Waals surface area contributed by atoms with Gasteiger partial charge in [0, 0.05) is 37.4 Å². The van der Waals surface area contributed by atoms with Crippen LogP contribution < -0.4 is 10.6 Å². The van der Waals surface area contributed by atoms with Crippen molar-refractivity contribution in [2.45, 2.75) is 38.8 Å². The first-order valence-electron chi connectivity index (χ1n) is 6.28. The number of nitrogens with zero attached hydrogens (tertiary/aromatic N) is 1. The van der Waals surface area contributed by atoms with Gasteiger partial charge in [-0.2, -0.15) is 0 Å². The van der Waals surface area contributed by atoms with Crippen LogP contribution in [0.1, 0.15) is 30.7 Å². The maximum Gasteiger partial charge on any atom is 0.221 e. The molecule has 2 rings (SSSR count). The molecule has 0 unspecified atom stereocenters. The number of carbonyl (C=O) groups is 1. The van der Waals surface area contributed by atoms with Gasteiger partial charge < -0.3 is 15.2 Å². The van der Waals surface area contributed by atoms with Gasteiger partial charge in [-0.1, -0.05) is 0 Å². The number of aryl methyl sites for hydroxylation is 1. The van der Waals surface area contributed by atoms with E-state index in [9.17, 15) is 4.79 Å². The molecular weight excluding hydrogens is 214 g/mol. The molecule has 0 aliphatic heterocycles. The Hall–Kier alpha value is -1.29. The minimum absolute atomic E-state index is 0.122. The van der Waals surface area contributed by atoms with Crippen molar-refractivity contribution >= 4 is 5.91 Å². The van der Waals surface area contributed by atoms with E-state index in [-0.39, 0.29) is 5.91 Å². The van der Waals surface area contributed by atoms with Crippen LogP contribution in [-0.4, -0.2) is 23.1 Å². The number of amides is 1. The molecule has 1 saturated carbocycles. The number of aromatic nitrogens is 1. The second-order valence-electron chi connectivity index (χ2n) is 4.78. The molecule has 0 saturated heterocycles. The van der Waals surface area contributed by atoms with Crippen LogP contribution in [0.2, 0.25) is 0 Å². The Kier molecular flexibility index (Phi) is 3.84. The molecule has 0 spiro atoms. The lowest BCUT2D eigenvalue weighted by Gasteiger charge is -2.08. The molecule has 1 heterocycles. The minimum Gasteiger partial charge on any atom is -0.350 e. The Balaban J connectivity index is 1.66. The summed E-state index contributed by atoms with van der Waals surface area (Å²) in [5.41, 5.74) is 2.36. The Morgan fingerprint density at radius 2 is 2.24 bits per heavy atom. The third kappa shape index (κ3) is 3.60. The molecule has 17 heavy (non-hydrogen) atoms. The summed E-state index contributed by atoms with van der Waals surface area (Å²) in [5, 5.41) is 6.28. The highest BCUT2D eigenvalue weighted by Gasteiger charge is 2.19. The van der Waals surface area contributed by atoms with Crippen molar-refractivity contribution in [1.29, 1.82) is 0 Å². The number of nitrogens with one attached hydrogen (secondary N) is 2. The highest BCUT2D eigenvalue weighted by atomic mass is 16.1. The minimum atomic E-state index is 0.122. The predicted octanol–water partition coefficient (Wildman–Crippen LogP) is 1.09. The average Bonchev–Trinajstić information content (AvgIpc) is 3.06. The fourth-order valence-electron chi connectivity index (χ4n) is 1.80. The van der Waals surface area contributed by atoms with Crippen LogP contribution in [0.15, 0.2) is 12.1 Å². The van der Waals surface area contributed by atoms with Crippen molar-refractivity contribution < 1.29 is 4.79 Å². The maximum absolute atomic E-state index is 11.6. The Bertz CT molecular complexity index is 393. The van der Waals surface area contributed by atoms with Crippen LogP contribution in [0, 0.1) is 6.92 Å². The van der Waals surface area contributed by atoms with Crippen molar-refractivity contribution in [3.8, 4) is 0 Å². The Morgan fingerprint density at radius 3 is 2.82 bits per heavy atom. The molecule has 1 aliphatic rings. The van der Waals surface area contributed by atoms with E-state index in [0.717, 1.165) is 12.2 Å². The van der Waals surface area contributed by atoms with Crippen molar-refractivity contribution in [3.63, 3.8) is 0 Å². The zero-order chi connectivity index (χ0) is 12.3. The van der Waals surface area contributed by atoms with Crippen molar-refractivity contribution in [2.75, 3.05) is 6.54 Å². The van der Waals surface area contributed by atoms with Crippen LogP contribution in [0.5, 0.6) is 0 Å². The highest BCUT2D eigenvalue weighted by Crippen LogP contribution is 2.18. The van der Waals surface area contributed by atoms with E-state index in [4.69, 9.17) is 0 Å². The van der Waals surface area contributed by atoms with Gasteiger partial charge in [-0.3, -0.25) is 4.79 Å².